The summed E-state index contributed by atoms with van der Waals surface area (Å²) < 4.78 is 10.8. The Bertz CT molecular complexity index is 779. The van der Waals surface area contributed by atoms with Crippen LogP contribution in [0, 0.1) is 0 Å². The zero-order valence-corrected chi connectivity index (χ0v) is 14.1. The van der Waals surface area contributed by atoms with E-state index in [1.54, 1.807) is 20.1 Å². The first-order chi connectivity index (χ1) is 12.1. The van der Waals surface area contributed by atoms with Gasteiger partial charge in [0.25, 0.3) is 11.5 Å². The second kappa shape index (κ2) is 8.78. The standard InChI is InChI=1S/C16H20N4O5/c1-3-25-16(23)12-10-19-20(15(12)22)13-6-5-11(9-18-13)14(21)17-7-4-8-24-2/h5-6,9-10,19H,3-4,7-8H2,1-2H3,(H,17,21). The van der Waals surface area contributed by atoms with Gasteiger partial charge in [0, 0.05) is 32.7 Å². The molecular weight excluding hydrogens is 328 g/mol. The van der Waals surface area contributed by atoms with E-state index in [-0.39, 0.29) is 23.9 Å². The van der Waals surface area contributed by atoms with E-state index in [4.69, 9.17) is 9.47 Å². The normalized spacial score (nSPS) is 10.5. The minimum absolute atomic E-state index is 0.108. The number of nitrogens with one attached hydrogen (secondary N) is 2. The van der Waals surface area contributed by atoms with Gasteiger partial charge in [0.1, 0.15) is 5.56 Å². The Hall–Kier alpha value is -2.94. The summed E-state index contributed by atoms with van der Waals surface area (Å²) in [5, 5.41) is 5.39. The monoisotopic (exact) mass is 348 g/mol. The van der Waals surface area contributed by atoms with E-state index < -0.39 is 11.5 Å². The molecule has 2 N–H and O–H groups in total. The van der Waals surface area contributed by atoms with Crippen molar-refractivity contribution in [2.75, 3.05) is 26.9 Å². The SMILES string of the molecule is CCOC(=O)c1c[nH]n(-c2ccc(C(=O)NCCCOC)cn2)c1=O. The minimum atomic E-state index is -0.699. The van der Waals surface area contributed by atoms with Crippen LogP contribution in [-0.4, -0.2) is 53.5 Å². The summed E-state index contributed by atoms with van der Waals surface area (Å²) in [6, 6.07) is 3.06. The molecule has 0 aromatic carbocycles. The molecule has 9 heteroatoms. The van der Waals surface area contributed by atoms with Gasteiger partial charge >= 0.3 is 5.97 Å². The van der Waals surface area contributed by atoms with Crippen molar-refractivity contribution in [2.45, 2.75) is 13.3 Å². The van der Waals surface area contributed by atoms with E-state index in [0.29, 0.717) is 25.1 Å². The van der Waals surface area contributed by atoms with Crippen molar-refractivity contribution in [1.29, 1.82) is 0 Å². The molecule has 0 saturated heterocycles. The van der Waals surface area contributed by atoms with Crippen molar-refractivity contribution >= 4 is 11.9 Å². The third-order valence-corrected chi connectivity index (χ3v) is 3.32. The second-order valence-corrected chi connectivity index (χ2v) is 5.06. The summed E-state index contributed by atoms with van der Waals surface area (Å²) in [7, 11) is 1.60. The number of pyridine rings is 1. The fourth-order valence-electron chi connectivity index (χ4n) is 2.07. The van der Waals surface area contributed by atoms with Crippen LogP contribution < -0.4 is 10.9 Å². The van der Waals surface area contributed by atoms with Gasteiger partial charge in [-0.15, -0.1) is 0 Å². The fraction of sp³-hybridized carbons (Fsp3) is 0.375. The van der Waals surface area contributed by atoms with Crippen molar-refractivity contribution in [1.82, 2.24) is 20.1 Å². The molecule has 2 aromatic rings. The Morgan fingerprint density at radius 3 is 2.80 bits per heavy atom. The van der Waals surface area contributed by atoms with Crippen molar-refractivity contribution in [3.8, 4) is 5.82 Å². The van der Waals surface area contributed by atoms with Gasteiger partial charge in [0.15, 0.2) is 5.82 Å². The number of aromatic nitrogens is 3. The summed E-state index contributed by atoms with van der Waals surface area (Å²) >= 11 is 0. The highest BCUT2D eigenvalue weighted by Gasteiger charge is 2.17. The van der Waals surface area contributed by atoms with E-state index >= 15 is 0 Å². The van der Waals surface area contributed by atoms with Gasteiger partial charge in [-0.1, -0.05) is 0 Å². The number of carbonyl (C=O) groups is 2. The number of nitrogens with zero attached hydrogens (tertiary/aromatic N) is 2. The first-order valence-corrected chi connectivity index (χ1v) is 7.79. The van der Waals surface area contributed by atoms with Crippen LogP contribution in [0.25, 0.3) is 5.82 Å². The Balaban J connectivity index is 2.09. The summed E-state index contributed by atoms with van der Waals surface area (Å²) in [6.07, 6.45) is 3.33. The maximum atomic E-state index is 12.2. The Labute approximate surface area is 143 Å². The maximum Gasteiger partial charge on any atom is 0.345 e. The Morgan fingerprint density at radius 1 is 1.36 bits per heavy atom. The smallest absolute Gasteiger partial charge is 0.345 e. The van der Waals surface area contributed by atoms with Crippen LogP contribution in [-0.2, 0) is 9.47 Å². The molecule has 2 aromatic heterocycles. The van der Waals surface area contributed by atoms with Gasteiger partial charge in [-0.3, -0.25) is 14.7 Å². The number of esters is 1. The average Bonchev–Trinajstić information content (AvgIpc) is 3.00. The van der Waals surface area contributed by atoms with Gasteiger partial charge in [0.05, 0.1) is 12.2 Å². The molecule has 2 heterocycles. The summed E-state index contributed by atoms with van der Waals surface area (Å²) in [6.45, 7) is 2.89. The van der Waals surface area contributed by atoms with E-state index in [1.807, 2.05) is 0 Å². The number of methoxy groups -OCH3 is 1. The quantitative estimate of drug-likeness (QED) is 0.530. The van der Waals surface area contributed by atoms with Gasteiger partial charge in [-0.25, -0.2) is 14.5 Å². The minimum Gasteiger partial charge on any atom is -0.462 e. The number of hydrogen-bond acceptors (Lipinski definition) is 6. The van der Waals surface area contributed by atoms with E-state index in [2.05, 4.69) is 15.4 Å². The van der Waals surface area contributed by atoms with Crippen LogP contribution in [0.2, 0.25) is 0 Å². The molecule has 0 saturated carbocycles. The largest absolute Gasteiger partial charge is 0.462 e. The predicted octanol–water partition coefficient (Wildman–Crippen LogP) is 0.504. The summed E-state index contributed by atoms with van der Waals surface area (Å²) in [5.74, 6) is -0.702. The zero-order valence-electron chi connectivity index (χ0n) is 14.1. The number of H-pyrrole nitrogens is 1. The lowest BCUT2D eigenvalue weighted by Gasteiger charge is -2.05. The van der Waals surface area contributed by atoms with Gasteiger partial charge in [-0.2, -0.15) is 0 Å². The molecule has 0 aliphatic rings. The second-order valence-electron chi connectivity index (χ2n) is 5.06. The first-order valence-electron chi connectivity index (χ1n) is 7.79. The van der Waals surface area contributed by atoms with Crippen molar-refractivity contribution < 1.29 is 19.1 Å². The number of rotatable bonds is 8. The number of ether oxygens (including phenoxy) is 2. The molecule has 0 aliphatic carbocycles. The van der Waals surface area contributed by atoms with Crippen LogP contribution in [0.3, 0.4) is 0 Å². The lowest BCUT2D eigenvalue weighted by molar-refractivity contribution is 0.0524. The van der Waals surface area contributed by atoms with Gasteiger partial charge < -0.3 is 14.8 Å². The molecule has 2 rings (SSSR count). The highest BCUT2D eigenvalue weighted by molar-refractivity contribution is 5.93. The molecule has 0 bridgehead atoms. The van der Waals surface area contributed by atoms with E-state index in [0.717, 1.165) is 4.68 Å². The third kappa shape index (κ3) is 4.54. The molecule has 0 atom stereocenters. The van der Waals surface area contributed by atoms with Crippen LogP contribution in [0.4, 0.5) is 0 Å². The van der Waals surface area contributed by atoms with Gasteiger partial charge in [-0.05, 0) is 25.5 Å². The first kappa shape index (κ1) is 18.4. The Morgan fingerprint density at radius 2 is 2.16 bits per heavy atom. The molecule has 25 heavy (non-hydrogen) atoms. The van der Waals surface area contributed by atoms with Crippen LogP contribution >= 0.6 is 0 Å². The number of amides is 1. The van der Waals surface area contributed by atoms with Crippen molar-refractivity contribution in [3.63, 3.8) is 0 Å². The summed E-state index contributed by atoms with van der Waals surface area (Å²) in [4.78, 5) is 39.9. The topological polar surface area (TPSA) is 115 Å². The molecule has 1 amide bonds. The molecule has 0 fully saturated rings. The van der Waals surface area contributed by atoms with Crippen LogP contribution in [0.15, 0.2) is 29.3 Å². The summed E-state index contributed by atoms with van der Waals surface area (Å²) in [5.41, 5.74) is -0.308. The molecule has 134 valence electrons. The highest BCUT2D eigenvalue weighted by atomic mass is 16.5. The number of aromatic amines is 1. The Kier molecular flexibility index (Phi) is 6.47. The highest BCUT2D eigenvalue weighted by Crippen LogP contribution is 2.04. The van der Waals surface area contributed by atoms with E-state index in [1.165, 1.54) is 18.5 Å². The molecule has 0 spiro atoms. The van der Waals surface area contributed by atoms with Gasteiger partial charge in [0.2, 0.25) is 0 Å². The van der Waals surface area contributed by atoms with Crippen LogP contribution in [0.1, 0.15) is 34.1 Å². The molecule has 9 nitrogen and oxygen atoms in total. The molecule has 0 radical (unpaired) electrons. The third-order valence-electron chi connectivity index (χ3n) is 3.32. The molecular formula is C16H20N4O5. The average molecular weight is 348 g/mol. The number of hydrogen-bond donors (Lipinski definition) is 2. The maximum absolute atomic E-state index is 12.2. The lowest BCUT2D eigenvalue weighted by Crippen LogP contribution is -2.26. The number of carbonyl (C=O) groups excluding carboxylic acids is 2. The lowest BCUT2D eigenvalue weighted by atomic mass is 10.2. The fourth-order valence-corrected chi connectivity index (χ4v) is 2.07. The van der Waals surface area contributed by atoms with E-state index in [9.17, 15) is 14.4 Å². The van der Waals surface area contributed by atoms with Crippen LogP contribution in [0.5, 0.6) is 0 Å². The van der Waals surface area contributed by atoms with Crippen molar-refractivity contribution in [3.05, 3.63) is 46.0 Å². The zero-order chi connectivity index (χ0) is 18.2. The molecule has 0 unspecified atom stereocenters. The van der Waals surface area contributed by atoms with Crippen molar-refractivity contribution in [2.24, 2.45) is 0 Å². The predicted molar refractivity (Wildman–Crippen MR) is 89.0 cm³/mol. The molecule has 0 aliphatic heterocycles.